The normalized spacial score (nSPS) is 26.2. The van der Waals surface area contributed by atoms with Crippen LogP contribution in [0.5, 0.6) is 0 Å². The van der Waals surface area contributed by atoms with Crippen LogP contribution in [0.1, 0.15) is 43.7 Å². The summed E-state index contributed by atoms with van der Waals surface area (Å²) in [5.41, 5.74) is 1.82. The number of carbonyl (C=O) groups is 1. The molecule has 1 aromatic carbocycles. The number of amides is 1. The standard InChI is InChI=1S/C17H25NO2/c1-13-3-5-15(6-4-13)11-16(20)18-17(12-19)9-7-14(2)8-10-17/h3-6,14,19H,7-12H2,1-2H3,(H,18,20). The van der Waals surface area contributed by atoms with Gasteiger partial charge in [0.2, 0.25) is 5.91 Å². The third-order valence-electron chi connectivity index (χ3n) is 4.42. The lowest BCUT2D eigenvalue weighted by atomic mass is 9.77. The number of benzene rings is 1. The highest BCUT2D eigenvalue weighted by Gasteiger charge is 2.34. The quantitative estimate of drug-likeness (QED) is 0.887. The molecule has 0 radical (unpaired) electrons. The van der Waals surface area contributed by atoms with Crippen molar-refractivity contribution in [2.45, 2.75) is 51.5 Å². The molecule has 2 rings (SSSR count). The highest BCUT2D eigenvalue weighted by atomic mass is 16.3. The van der Waals surface area contributed by atoms with E-state index in [-0.39, 0.29) is 12.5 Å². The van der Waals surface area contributed by atoms with Crippen LogP contribution >= 0.6 is 0 Å². The minimum absolute atomic E-state index is 0.0115. The van der Waals surface area contributed by atoms with Crippen molar-refractivity contribution in [3.05, 3.63) is 35.4 Å². The van der Waals surface area contributed by atoms with Crippen molar-refractivity contribution in [2.75, 3.05) is 6.61 Å². The highest BCUT2D eigenvalue weighted by Crippen LogP contribution is 2.31. The second-order valence-corrected chi connectivity index (χ2v) is 6.33. The van der Waals surface area contributed by atoms with Crippen molar-refractivity contribution in [3.8, 4) is 0 Å². The van der Waals surface area contributed by atoms with Gasteiger partial charge in [0.05, 0.1) is 18.6 Å². The zero-order valence-electron chi connectivity index (χ0n) is 12.5. The molecule has 1 amide bonds. The van der Waals surface area contributed by atoms with Gasteiger partial charge in [-0.2, -0.15) is 0 Å². The molecule has 110 valence electrons. The number of aliphatic hydroxyl groups excluding tert-OH is 1. The molecule has 1 fully saturated rings. The molecular formula is C17H25NO2. The minimum atomic E-state index is -0.395. The van der Waals surface area contributed by atoms with Gasteiger partial charge in [-0.1, -0.05) is 36.8 Å². The Morgan fingerprint density at radius 1 is 1.30 bits per heavy atom. The molecule has 1 aromatic rings. The molecule has 0 spiro atoms. The number of nitrogens with one attached hydrogen (secondary N) is 1. The molecular weight excluding hydrogens is 250 g/mol. The maximum absolute atomic E-state index is 12.2. The van der Waals surface area contributed by atoms with Gasteiger partial charge in [-0.05, 0) is 44.1 Å². The van der Waals surface area contributed by atoms with Crippen LogP contribution in [0, 0.1) is 12.8 Å². The zero-order chi connectivity index (χ0) is 14.6. The number of aryl methyl sites for hydroxylation is 1. The predicted molar refractivity (Wildman–Crippen MR) is 80.5 cm³/mol. The van der Waals surface area contributed by atoms with Crippen LogP contribution in [-0.4, -0.2) is 23.2 Å². The number of hydrogen-bond acceptors (Lipinski definition) is 2. The van der Waals surface area contributed by atoms with E-state index in [2.05, 4.69) is 12.2 Å². The second-order valence-electron chi connectivity index (χ2n) is 6.33. The molecule has 3 nitrogen and oxygen atoms in total. The van der Waals surface area contributed by atoms with Crippen LogP contribution in [-0.2, 0) is 11.2 Å². The minimum Gasteiger partial charge on any atom is -0.394 e. The van der Waals surface area contributed by atoms with Crippen molar-refractivity contribution >= 4 is 5.91 Å². The van der Waals surface area contributed by atoms with Gasteiger partial charge < -0.3 is 10.4 Å². The fraction of sp³-hybridized carbons (Fsp3) is 0.588. The Morgan fingerprint density at radius 2 is 1.90 bits per heavy atom. The second kappa shape index (κ2) is 6.40. The number of carbonyl (C=O) groups excluding carboxylic acids is 1. The molecule has 1 aliphatic carbocycles. The average Bonchev–Trinajstić information content (AvgIpc) is 2.44. The van der Waals surface area contributed by atoms with Crippen LogP contribution in [0.2, 0.25) is 0 Å². The van der Waals surface area contributed by atoms with Crippen LogP contribution in [0.4, 0.5) is 0 Å². The monoisotopic (exact) mass is 275 g/mol. The number of rotatable bonds is 4. The summed E-state index contributed by atoms with van der Waals surface area (Å²) < 4.78 is 0. The van der Waals surface area contributed by atoms with Crippen molar-refractivity contribution < 1.29 is 9.90 Å². The van der Waals surface area contributed by atoms with Crippen LogP contribution < -0.4 is 5.32 Å². The third kappa shape index (κ3) is 3.83. The van der Waals surface area contributed by atoms with Crippen molar-refractivity contribution in [1.82, 2.24) is 5.32 Å². The summed E-state index contributed by atoms with van der Waals surface area (Å²) >= 11 is 0. The number of aliphatic hydroxyl groups is 1. The first kappa shape index (κ1) is 15.0. The molecule has 0 aliphatic heterocycles. The van der Waals surface area contributed by atoms with Gasteiger partial charge in [0.15, 0.2) is 0 Å². The Morgan fingerprint density at radius 3 is 2.45 bits per heavy atom. The molecule has 3 heteroatoms. The Kier molecular flexibility index (Phi) is 4.81. The summed E-state index contributed by atoms with van der Waals surface area (Å²) in [7, 11) is 0. The summed E-state index contributed by atoms with van der Waals surface area (Å²) in [6.45, 7) is 4.31. The van der Waals surface area contributed by atoms with Gasteiger partial charge in [-0.15, -0.1) is 0 Å². The van der Waals surface area contributed by atoms with Gasteiger partial charge in [0.25, 0.3) is 0 Å². The summed E-state index contributed by atoms with van der Waals surface area (Å²) in [6.07, 6.45) is 4.29. The van der Waals surface area contributed by atoms with Crippen molar-refractivity contribution in [1.29, 1.82) is 0 Å². The first-order valence-electron chi connectivity index (χ1n) is 7.50. The lowest BCUT2D eigenvalue weighted by Gasteiger charge is -2.38. The SMILES string of the molecule is Cc1ccc(CC(=O)NC2(CO)CCC(C)CC2)cc1. The third-order valence-corrected chi connectivity index (χ3v) is 4.42. The van der Waals surface area contributed by atoms with Gasteiger partial charge in [0.1, 0.15) is 0 Å². The lowest BCUT2D eigenvalue weighted by molar-refractivity contribution is -0.123. The molecule has 0 atom stereocenters. The smallest absolute Gasteiger partial charge is 0.224 e. The molecule has 1 saturated carbocycles. The van der Waals surface area contributed by atoms with E-state index < -0.39 is 5.54 Å². The Hall–Kier alpha value is -1.35. The van der Waals surface area contributed by atoms with Crippen LogP contribution in [0.3, 0.4) is 0 Å². The van der Waals surface area contributed by atoms with Gasteiger partial charge >= 0.3 is 0 Å². The van der Waals surface area contributed by atoms with Gasteiger partial charge in [-0.3, -0.25) is 4.79 Å². The zero-order valence-corrected chi connectivity index (χ0v) is 12.5. The molecule has 0 saturated heterocycles. The lowest BCUT2D eigenvalue weighted by Crippen LogP contribution is -2.53. The van der Waals surface area contributed by atoms with Crippen LogP contribution in [0.25, 0.3) is 0 Å². The molecule has 20 heavy (non-hydrogen) atoms. The molecule has 0 unspecified atom stereocenters. The van der Waals surface area contributed by atoms with E-state index in [0.717, 1.165) is 31.2 Å². The van der Waals surface area contributed by atoms with Crippen LogP contribution in [0.15, 0.2) is 24.3 Å². The van der Waals surface area contributed by atoms with Gasteiger partial charge in [0, 0.05) is 0 Å². The first-order chi connectivity index (χ1) is 9.53. The van der Waals surface area contributed by atoms with E-state index >= 15 is 0 Å². The highest BCUT2D eigenvalue weighted by molar-refractivity contribution is 5.79. The fourth-order valence-electron chi connectivity index (χ4n) is 2.87. The first-order valence-corrected chi connectivity index (χ1v) is 7.50. The summed E-state index contributed by atoms with van der Waals surface area (Å²) in [5, 5.41) is 12.7. The summed E-state index contributed by atoms with van der Waals surface area (Å²) in [5.74, 6) is 0.709. The molecule has 1 aliphatic rings. The Bertz CT molecular complexity index is 445. The predicted octanol–water partition coefficient (Wildman–Crippen LogP) is 2.59. The molecule has 0 heterocycles. The largest absolute Gasteiger partial charge is 0.394 e. The molecule has 2 N–H and O–H groups in total. The number of hydrogen-bond donors (Lipinski definition) is 2. The molecule has 0 bridgehead atoms. The molecule has 0 aromatic heterocycles. The van der Waals surface area contributed by atoms with Crippen molar-refractivity contribution in [3.63, 3.8) is 0 Å². The Balaban J connectivity index is 1.94. The summed E-state index contributed by atoms with van der Waals surface area (Å²) in [4.78, 5) is 12.2. The average molecular weight is 275 g/mol. The van der Waals surface area contributed by atoms with Gasteiger partial charge in [-0.25, -0.2) is 0 Å². The van der Waals surface area contributed by atoms with E-state index in [0.29, 0.717) is 12.3 Å². The summed E-state index contributed by atoms with van der Waals surface area (Å²) in [6, 6.07) is 8.02. The van der Waals surface area contributed by atoms with E-state index in [1.807, 2.05) is 31.2 Å². The maximum Gasteiger partial charge on any atom is 0.224 e. The van der Waals surface area contributed by atoms with E-state index in [1.54, 1.807) is 0 Å². The van der Waals surface area contributed by atoms with Crippen molar-refractivity contribution in [2.24, 2.45) is 5.92 Å². The van der Waals surface area contributed by atoms with E-state index in [9.17, 15) is 9.90 Å². The topological polar surface area (TPSA) is 49.3 Å². The van der Waals surface area contributed by atoms with E-state index in [4.69, 9.17) is 0 Å². The van der Waals surface area contributed by atoms with E-state index in [1.165, 1.54) is 5.56 Å². The Labute approximate surface area is 121 Å². The fourth-order valence-corrected chi connectivity index (χ4v) is 2.87. The maximum atomic E-state index is 12.2.